The second-order valence-corrected chi connectivity index (χ2v) is 10.6. The fraction of sp³-hybridized carbons (Fsp3) is 0.667. The van der Waals surface area contributed by atoms with E-state index in [9.17, 15) is 23.2 Å². The number of nitrogens with one attached hydrogen (secondary N) is 1. The highest BCUT2D eigenvalue weighted by molar-refractivity contribution is 5.99. The van der Waals surface area contributed by atoms with Gasteiger partial charge in [0.25, 0.3) is 5.91 Å². The Morgan fingerprint density at radius 3 is 2.38 bits per heavy atom. The molecule has 3 heterocycles. The SMILES string of the molecule is CCN1CCN(c2ccc(C(=O)N[C@H](C(=O)N3C[C@H](C(F)F)[C@H]4OCC(=O)[C@H]43)C3CCCC3)cc2)CC1. The van der Waals surface area contributed by atoms with Crippen molar-refractivity contribution in [2.45, 2.75) is 57.2 Å². The second-order valence-electron chi connectivity index (χ2n) is 10.6. The number of likely N-dealkylation sites (N-methyl/N-ethyl adjacent to an activating group) is 1. The van der Waals surface area contributed by atoms with Gasteiger partial charge < -0.3 is 24.8 Å². The highest BCUT2D eigenvalue weighted by atomic mass is 19.3. The van der Waals surface area contributed by atoms with Crippen LogP contribution < -0.4 is 10.2 Å². The van der Waals surface area contributed by atoms with Crippen molar-refractivity contribution in [2.24, 2.45) is 11.8 Å². The molecule has 0 unspecified atom stereocenters. The number of nitrogens with zero attached hydrogens (tertiary/aromatic N) is 3. The lowest BCUT2D eigenvalue weighted by molar-refractivity contribution is -0.139. The van der Waals surface area contributed by atoms with Crippen LogP contribution in [-0.4, -0.2) is 97.9 Å². The van der Waals surface area contributed by atoms with Crippen molar-refractivity contribution in [3.8, 4) is 0 Å². The van der Waals surface area contributed by atoms with Crippen LogP contribution in [0.4, 0.5) is 14.5 Å². The number of alkyl halides is 2. The van der Waals surface area contributed by atoms with Gasteiger partial charge in [0.1, 0.15) is 18.7 Å². The van der Waals surface area contributed by atoms with Crippen LogP contribution in [0.15, 0.2) is 24.3 Å². The summed E-state index contributed by atoms with van der Waals surface area (Å²) >= 11 is 0. The average Bonchev–Trinajstić information content (AvgIpc) is 3.66. The van der Waals surface area contributed by atoms with Crippen molar-refractivity contribution in [1.29, 1.82) is 0 Å². The third-order valence-corrected chi connectivity index (χ3v) is 8.57. The number of rotatable bonds is 7. The van der Waals surface area contributed by atoms with Crippen molar-refractivity contribution in [3.05, 3.63) is 29.8 Å². The summed E-state index contributed by atoms with van der Waals surface area (Å²) in [7, 11) is 0. The molecular formula is C27H36F2N4O4. The number of carbonyl (C=O) groups excluding carboxylic acids is 3. The molecule has 202 valence electrons. The molecule has 3 aliphatic heterocycles. The van der Waals surface area contributed by atoms with Gasteiger partial charge in [0.2, 0.25) is 12.3 Å². The minimum atomic E-state index is -2.70. The van der Waals surface area contributed by atoms with Crippen LogP contribution in [-0.2, 0) is 14.3 Å². The highest BCUT2D eigenvalue weighted by Crippen LogP contribution is 2.37. The first kappa shape index (κ1) is 26.0. The number of hydrogen-bond acceptors (Lipinski definition) is 6. The van der Waals surface area contributed by atoms with Crippen molar-refractivity contribution < 1.29 is 27.9 Å². The molecule has 4 atom stereocenters. The second kappa shape index (κ2) is 11.0. The summed E-state index contributed by atoms with van der Waals surface area (Å²) in [5.41, 5.74) is 1.49. The molecule has 4 aliphatic rings. The number of likely N-dealkylation sites (tertiary alicyclic amines) is 1. The zero-order valence-corrected chi connectivity index (χ0v) is 21.3. The molecule has 1 aliphatic carbocycles. The Morgan fingerprint density at radius 2 is 1.76 bits per heavy atom. The molecule has 1 saturated carbocycles. The lowest BCUT2D eigenvalue weighted by atomic mass is 9.95. The summed E-state index contributed by atoms with van der Waals surface area (Å²) in [6.45, 7) is 6.56. The van der Waals surface area contributed by atoms with Gasteiger partial charge in [0, 0.05) is 44.0 Å². The zero-order valence-electron chi connectivity index (χ0n) is 21.3. The van der Waals surface area contributed by atoms with Gasteiger partial charge in [-0.1, -0.05) is 19.8 Å². The zero-order chi connectivity index (χ0) is 26.1. The predicted molar refractivity (Wildman–Crippen MR) is 134 cm³/mol. The molecule has 4 fully saturated rings. The molecule has 8 nitrogen and oxygen atoms in total. The molecule has 5 rings (SSSR count). The average molecular weight is 519 g/mol. The number of halogens is 2. The summed E-state index contributed by atoms with van der Waals surface area (Å²) in [6, 6.07) is 5.52. The Kier molecular flexibility index (Phi) is 7.76. The summed E-state index contributed by atoms with van der Waals surface area (Å²) < 4.78 is 32.7. The van der Waals surface area contributed by atoms with Gasteiger partial charge in [0.05, 0.1) is 12.0 Å². The Balaban J connectivity index is 1.29. The lowest BCUT2D eigenvalue weighted by Gasteiger charge is -2.35. The molecule has 0 spiro atoms. The van der Waals surface area contributed by atoms with E-state index in [4.69, 9.17) is 4.74 Å². The topological polar surface area (TPSA) is 82.2 Å². The Labute approximate surface area is 216 Å². The smallest absolute Gasteiger partial charge is 0.251 e. The molecule has 0 radical (unpaired) electrons. The minimum absolute atomic E-state index is 0.0907. The normalized spacial score (nSPS) is 27.7. The maximum Gasteiger partial charge on any atom is 0.251 e. The van der Waals surface area contributed by atoms with Gasteiger partial charge in [-0.25, -0.2) is 8.78 Å². The van der Waals surface area contributed by atoms with E-state index in [2.05, 4.69) is 22.0 Å². The minimum Gasteiger partial charge on any atom is -0.369 e. The van der Waals surface area contributed by atoms with Gasteiger partial charge in [-0.2, -0.15) is 0 Å². The Hall–Kier alpha value is -2.59. The molecule has 10 heteroatoms. The van der Waals surface area contributed by atoms with Crippen LogP contribution >= 0.6 is 0 Å². The standard InChI is InChI=1S/C27H36F2N4O4/c1-2-31-11-13-32(14-12-31)19-9-7-18(8-10-19)26(35)30-22(17-5-3-4-6-17)27(36)33-15-20(25(28)29)24-23(33)21(34)16-37-24/h7-10,17,20,22-25H,2-6,11-16H2,1H3,(H,30,35)/t20-,22-,23+,24+/m0/s1. The first-order valence-corrected chi connectivity index (χ1v) is 13.5. The third-order valence-electron chi connectivity index (χ3n) is 8.57. The first-order valence-electron chi connectivity index (χ1n) is 13.5. The maximum atomic E-state index is 13.7. The number of carbonyl (C=O) groups is 3. The number of ether oxygens (including phenoxy) is 1. The summed E-state index contributed by atoms with van der Waals surface area (Å²) in [5.74, 6) is -2.47. The molecule has 1 aromatic carbocycles. The summed E-state index contributed by atoms with van der Waals surface area (Å²) in [6.07, 6.45) is -0.258. The Morgan fingerprint density at radius 1 is 1.08 bits per heavy atom. The fourth-order valence-corrected chi connectivity index (χ4v) is 6.36. The number of benzene rings is 1. The van der Waals surface area contributed by atoms with E-state index in [1.807, 2.05) is 12.1 Å². The Bertz CT molecular complexity index is 993. The number of piperazine rings is 1. The van der Waals surface area contributed by atoms with E-state index in [0.29, 0.717) is 5.56 Å². The molecular weight excluding hydrogens is 482 g/mol. The largest absolute Gasteiger partial charge is 0.369 e. The third kappa shape index (κ3) is 5.23. The van der Waals surface area contributed by atoms with E-state index in [1.165, 1.54) is 4.90 Å². The van der Waals surface area contributed by atoms with E-state index in [-0.39, 0.29) is 30.8 Å². The molecule has 0 bridgehead atoms. The molecule has 1 aromatic rings. The molecule has 2 amide bonds. The molecule has 37 heavy (non-hydrogen) atoms. The summed E-state index contributed by atoms with van der Waals surface area (Å²) in [5, 5.41) is 2.91. The van der Waals surface area contributed by atoms with Gasteiger partial charge in [-0.3, -0.25) is 14.4 Å². The molecule has 0 aromatic heterocycles. The van der Waals surface area contributed by atoms with Crippen molar-refractivity contribution in [2.75, 3.05) is 50.8 Å². The molecule has 1 N–H and O–H groups in total. The van der Waals surface area contributed by atoms with E-state index in [0.717, 1.165) is 64.1 Å². The van der Waals surface area contributed by atoms with E-state index >= 15 is 0 Å². The van der Waals surface area contributed by atoms with Gasteiger partial charge in [-0.05, 0) is 49.6 Å². The monoisotopic (exact) mass is 518 g/mol. The fourth-order valence-electron chi connectivity index (χ4n) is 6.36. The van der Waals surface area contributed by atoms with Crippen LogP contribution in [0.25, 0.3) is 0 Å². The number of fused-ring (bicyclic) bond motifs is 1. The van der Waals surface area contributed by atoms with Gasteiger partial charge >= 0.3 is 0 Å². The maximum absolute atomic E-state index is 13.7. The van der Waals surface area contributed by atoms with Crippen molar-refractivity contribution in [1.82, 2.24) is 15.1 Å². The molecule has 3 saturated heterocycles. The van der Waals surface area contributed by atoms with Gasteiger partial charge in [-0.15, -0.1) is 0 Å². The lowest BCUT2D eigenvalue weighted by Crippen LogP contribution is -2.54. The van der Waals surface area contributed by atoms with E-state index < -0.39 is 36.4 Å². The summed E-state index contributed by atoms with van der Waals surface area (Å²) in [4.78, 5) is 45.4. The number of amides is 2. The van der Waals surface area contributed by atoms with Crippen molar-refractivity contribution >= 4 is 23.3 Å². The van der Waals surface area contributed by atoms with Crippen LogP contribution in [0.3, 0.4) is 0 Å². The number of ketones is 1. The number of anilines is 1. The quantitative estimate of drug-likeness (QED) is 0.596. The van der Waals surface area contributed by atoms with Crippen LogP contribution in [0.2, 0.25) is 0 Å². The van der Waals surface area contributed by atoms with Crippen molar-refractivity contribution in [3.63, 3.8) is 0 Å². The predicted octanol–water partition coefficient (Wildman–Crippen LogP) is 2.18. The van der Waals surface area contributed by atoms with Gasteiger partial charge in [0.15, 0.2) is 5.78 Å². The van der Waals surface area contributed by atoms with Crippen LogP contribution in [0, 0.1) is 11.8 Å². The first-order chi connectivity index (χ1) is 17.9. The van der Waals surface area contributed by atoms with Crippen LogP contribution in [0.1, 0.15) is 43.0 Å². The number of hydrogen-bond donors (Lipinski definition) is 1. The van der Waals surface area contributed by atoms with E-state index in [1.54, 1.807) is 12.1 Å². The van der Waals surface area contributed by atoms with Crippen LogP contribution in [0.5, 0.6) is 0 Å². The highest BCUT2D eigenvalue weighted by Gasteiger charge is 2.56. The number of Topliss-reactive ketones (excluding diaryl/α,β-unsaturated/α-hetero) is 1.